The highest BCUT2D eigenvalue weighted by Gasteiger charge is 2.07. The minimum Gasteiger partial charge on any atom is -0.261 e. The third-order valence-electron chi connectivity index (χ3n) is 1.46. The normalized spacial score (nSPS) is 10.9. The van der Waals surface area contributed by atoms with Gasteiger partial charge in [0.25, 0.3) is 0 Å². The molecular weight excluding hydrogens is 216 g/mol. The molecule has 15 heavy (non-hydrogen) atoms. The van der Waals surface area contributed by atoms with Crippen molar-refractivity contribution in [3.05, 3.63) is 18.3 Å². The van der Waals surface area contributed by atoms with Crippen molar-refractivity contribution < 1.29 is 8.42 Å². The first-order chi connectivity index (χ1) is 6.89. The van der Waals surface area contributed by atoms with Crippen LogP contribution >= 0.6 is 0 Å². The van der Waals surface area contributed by atoms with Crippen molar-refractivity contribution >= 4 is 21.6 Å². The van der Waals surface area contributed by atoms with Crippen LogP contribution in [0.3, 0.4) is 0 Å². The largest absolute Gasteiger partial charge is 0.261 e. The second kappa shape index (κ2) is 4.37. The number of hydrazone groups is 1. The van der Waals surface area contributed by atoms with Gasteiger partial charge in [-0.25, -0.2) is 18.5 Å². The molecule has 0 bridgehead atoms. The first-order valence-electron chi connectivity index (χ1n) is 4.15. The first-order valence-corrected chi connectivity index (χ1v) is 5.70. The van der Waals surface area contributed by atoms with E-state index >= 15 is 0 Å². The van der Waals surface area contributed by atoms with Gasteiger partial charge in [0.2, 0.25) is 10.0 Å². The topological polar surface area (TPSA) is 97.4 Å². The molecule has 0 spiro atoms. The van der Waals surface area contributed by atoms with Crippen molar-refractivity contribution in [2.75, 3.05) is 5.43 Å². The van der Waals surface area contributed by atoms with E-state index in [-0.39, 0.29) is 4.90 Å². The monoisotopic (exact) mass is 228 g/mol. The van der Waals surface area contributed by atoms with Crippen LogP contribution in [0.25, 0.3) is 0 Å². The fourth-order valence-electron chi connectivity index (χ4n) is 0.784. The van der Waals surface area contributed by atoms with E-state index < -0.39 is 10.0 Å². The summed E-state index contributed by atoms with van der Waals surface area (Å²) in [6, 6.07) is 2.86. The lowest BCUT2D eigenvalue weighted by molar-refractivity contribution is 0.597. The van der Waals surface area contributed by atoms with Gasteiger partial charge < -0.3 is 0 Å². The quantitative estimate of drug-likeness (QED) is 0.582. The average molecular weight is 228 g/mol. The van der Waals surface area contributed by atoms with Crippen LogP contribution in [0.15, 0.2) is 28.3 Å². The Kier molecular flexibility index (Phi) is 3.38. The first kappa shape index (κ1) is 11.6. The van der Waals surface area contributed by atoms with E-state index in [1.165, 1.54) is 18.3 Å². The number of pyridine rings is 1. The highest BCUT2D eigenvalue weighted by atomic mass is 32.2. The lowest BCUT2D eigenvalue weighted by atomic mass is 10.5. The van der Waals surface area contributed by atoms with E-state index in [0.29, 0.717) is 5.82 Å². The number of sulfonamides is 1. The lowest BCUT2D eigenvalue weighted by Crippen LogP contribution is -2.12. The highest BCUT2D eigenvalue weighted by Crippen LogP contribution is 2.08. The highest BCUT2D eigenvalue weighted by molar-refractivity contribution is 7.89. The molecule has 1 aromatic heterocycles. The summed E-state index contributed by atoms with van der Waals surface area (Å²) in [6.07, 6.45) is 1.18. The predicted molar refractivity (Wildman–Crippen MR) is 58.0 cm³/mol. The third kappa shape index (κ3) is 3.64. The molecule has 1 aromatic rings. The number of hydrogen-bond acceptors (Lipinski definition) is 5. The molecule has 0 atom stereocenters. The Labute approximate surface area is 88.3 Å². The van der Waals surface area contributed by atoms with Crippen LogP contribution in [0.2, 0.25) is 0 Å². The number of rotatable bonds is 3. The van der Waals surface area contributed by atoms with Crippen LogP contribution in [0.1, 0.15) is 13.8 Å². The van der Waals surface area contributed by atoms with Crippen molar-refractivity contribution in [3.8, 4) is 0 Å². The molecule has 0 amide bonds. The Hall–Kier alpha value is -1.47. The van der Waals surface area contributed by atoms with Crippen LogP contribution in [0, 0.1) is 0 Å². The van der Waals surface area contributed by atoms with E-state index in [1.54, 1.807) is 0 Å². The number of nitrogens with one attached hydrogen (secondary N) is 1. The van der Waals surface area contributed by atoms with Gasteiger partial charge in [-0.2, -0.15) is 5.10 Å². The molecule has 3 N–H and O–H groups in total. The van der Waals surface area contributed by atoms with Gasteiger partial charge in [0.1, 0.15) is 10.7 Å². The number of nitrogens with zero attached hydrogens (tertiary/aromatic N) is 2. The smallest absolute Gasteiger partial charge is 0.239 e. The van der Waals surface area contributed by atoms with E-state index in [9.17, 15) is 8.42 Å². The summed E-state index contributed by atoms with van der Waals surface area (Å²) >= 11 is 0. The minimum atomic E-state index is -3.68. The molecule has 6 nitrogen and oxygen atoms in total. The van der Waals surface area contributed by atoms with E-state index in [0.717, 1.165) is 5.71 Å². The van der Waals surface area contributed by atoms with Crippen molar-refractivity contribution in [2.45, 2.75) is 18.7 Å². The molecule has 1 heterocycles. The fraction of sp³-hybridized carbons (Fsp3) is 0.250. The number of nitrogens with two attached hydrogens (primary N) is 1. The molecule has 0 aromatic carbocycles. The summed E-state index contributed by atoms with van der Waals surface area (Å²) in [5, 5.41) is 8.82. The Morgan fingerprint density at radius 3 is 2.53 bits per heavy atom. The molecule has 82 valence electrons. The lowest BCUT2D eigenvalue weighted by Gasteiger charge is -2.01. The third-order valence-corrected chi connectivity index (χ3v) is 2.36. The molecule has 0 saturated carbocycles. The van der Waals surface area contributed by atoms with Crippen molar-refractivity contribution in [2.24, 2.45) is 10.2 Å². The number of aromatic nitrogens is 1. The maximum absolute atomic E-state index is 10.9. The molecule has 0 aliphatic carbocycles. The van der Waals surface area contributed by atoms with Gasteiger partial charge in [0, 0.05) is 11.9 Å². The second-order valence-corrected chi connectivity index (χ2v) is 4.66. The second-order valence-electron chi connectivity index (χ2n) is 3.09. The molecule has 7 heteroatoms. The van der Waals surface area contributed by atoms with Crippen LogP contribution < -0.4 is 10.6 Å². The molecule has 0 saturated heterocycles. The van der Waals surface area contributed by atoms with Gasteiger partial charge in [-0.15, -0.1) is 0 Å². The average Bonchev–Trinajstić information content (AvgIpc) is 2.14. The van der Waals surface area contributed by atoms with Crippen molar-refractivity contribution in [3.63, 3.8) is 0 Å². The van der Waals surface area contributed by atoms with Gasteiger partial charge in [-0.1, -0.05) is 0 Å². The Morgan fingerprint density at radius 2 is 2.13 bits per heavy atom. The van der Waals surface area contributed by atoms with E-state index in [1.807, 2.05) is 13.8 Å². The number of primary sulfonamides is 1. The van der Waals surface area contributed by atoms with Gasteiger partial charge in [-0.3, -0.25) is 5.43 Å². The van der Waals surface area contributed by atoms with Gasteiger partial charge >= 0.3 is 0 Å². The minimum absolute atomic E-state index is 0.0229. The summed E-state index contributed by atoms with van der Waals surface area (Å²) in [7, 11) is -3.68. The Morgan fingerprint density at radius 1 is 1.47 bits per heavy atom. The zero-order chi connectivity index (χ0) is 11.5. The van der Waals surface area contributed by atoms with Crippen molar-refractivity contribution in [1.29, 1.82) is 0 Å². The van der Waals surface area contributed by atoms with Crippen LogP contribution in [0.5, 0.6) is 0 Å². The molecule has 0 fully saturated rings. The molecular formula is C8H12N4O2S. The Balaban J connectivity index is 2.87. The summed E-state index contributed by atoms with van der Waals surface area (Å²) in [6.45, 7) is 3.65. The molecule has 0 aliphatic rings. The molecule has 0 aliphatic heterocycles. The van der Waals surface area contributed by atoms with Gasteiger partial charge in [-0.05, 0) is 26.0 Å². The number of hydrogen-bond donors (Lipinski definition) is 2. The fourth-order valence-corrected chi connectivity index (χ4v) is 1.24. The molecule has 1 rings (SSSR count). The standard InChI is InChI=1S/C8H12N4O2S/c1-6(2)11-12-8-4-3-7(5-10-8)15(9,13)14/h3-5H,1-2H3,(H,10,12)(H2,9,13,14). The maximum atomic E-state index is 10.9. The summed E-state index contributed by atoms with van der Waals surface area (Å²) in [5.41, 5.74) is 3.50. The molecule has 0 unspecified atom stereocenters. The molecule has 0 radical (unpaired) electrons. The summed E-state index contributed by atoms with van der Waals surface area (Å²) in [5.74, 6) is 0.462. The van der Waals surface area contributed by atoms with E-state index in [2.05, 4.69) is 15.5 Å². The zero-order valence-electron chi connectivity index (χ0n) is 8.43. The van der Waals surface area contributed by atoms with Crippen LogP contribution in [0.4, 0.5) is 5.82 Å². The van der Waals surface area contributed by atoms with Crippen LogP contribution in [-0.2, 0) is 10.0 Å². The summed E-state index contributed by atoms with van der Waals surface area (Å²) < 4.78 is 21.8. The predicted octanol–water partition coefficient (Wildman–Crippen LogP) is 0.537. The van der Waals surface area contributed by atoms with Crippen LogP contribution in [-0.4, -0.2) is 19.1 Å². The van der Waals surface area contributed by atoms with Gasteiger partial charge in [0.05, 0.1) is 0 Å². The SMILES string of the molecule is CC(C)=NNc1ccc(S(N)(=O)=O)cn1. The van der Waals surface area contributed by atoms with E-state index in [4.69, 9.17) is 5.14 Å². The summed E-state index contributed by atoms with van der Waals surface area (Å²) in [4.78, 5) is 3.82. The maximum Gasteiger partial charge on any atom is 0.239 e. The zero-order valence-corrected chi connectivity index (χ0v) is 9.25. The van der Waals surface area contributed by atoms with Gasteiger partial charge in [0.15, 0.2) is 0 Å². The van der Waals surface area contributed by atoms with Crippen molar-refractivity contribution in [1.82, 2.24) is 4.98 Å². The Bertz CT molecular complexity index is 460. The number of anilines is 1.